The van der Waals surface area contributed by atoms with Gasteiger partial charge < -0.3 is 11.1 Å². The van der Waals surface area contributed by atoms with E-state index in [-0.39, 0.29) is 0 Å². The number of nitrogens with zero attached hydrogens (tertiary/aromatic N) is 1. The number of hydrogen-bond acceptors (Lipinski definition) is 6. The first kappa shape index (κ1) is 12.8. The number of rotatable bonds is 4. The van der Waals surface area contributed by atoms with Crippen molar-refractivity contribution in [3.05, 3.63) is 36.0 Å². The Labute approximate surface area is 110 Å². The van der Waals surface area contributed by atoms with Crippen LogP contribution in [0, 0.1) is 0 Å². The minimum Gasteiger partial charge on any atom is -0.389 e. The first-order valence-electron chi connectivity index (χ1n) is 5.19. The molecule has 1 heterocycles. The van der Waals surface area contributed by atoms with Crippen LogP contribution in [0.15, 0.2) is 35.4 Å². The van der Waals surface area contributed by atoms with E-state index in [1.54, 1.807) is 30.5 Å². The quantitative estimate of drug-likeness (QED) is 0.892. The van der Waals surface area contributed by atoms with Gasteiger partial charge in [-0.1, -0.05) is 23.5 Å². The van der Waals surface area contributed by atoms with E-state index in [0.717, 1.165) is 10.7 Å². The van der Waals surface area contributed by atoms with Crippen LogP contribution in [-0.2, 0) is 16.4 Å². The molecule has 0 spiro atoms. The van der Waals surface area contributed by atoms with Gasteiger partial charge in [-0.2, -0.15) is 0 Å². The molecule has 0 radical (unpaired) electrons. The van der Waals surface area contributed by atoms with Gasteiger partial charge in [-0.25, -0.2) is 13.4 Å². The lowest BCUT2D eigenvalue weighted by atomic mass is 10.2. The van der Waals surface area contributed by atoms with Crippen LogP contribution in [0.2, 0.25) is 0 Å². The van der Waals surface area contributed by atoms with Gasteiger partial charge in [0.1, 0.15) is 5.00 Å². The molecule has 0 aliphatic heterocycles. The third kappa shape index (κ3) is 3.21. The molecular weight excluding hydrogens is 270 g/mol. The maximum Gasteiger partial charge on any atom is 0.184 e. The Morgan fingerprint density at radius 1 is 1.33 bits per heavy atom. The molecule has 0 bridgehead atoms. The average molecular weight is 283 g/mol. The van der Waals surface area contributed by atoms with Crippen LogP contribution in [0.1, 0.15) is 5.56 Å². The van der Waals surface area contributed by atoms with Gasteiger partial charge >= 0.3 is 0 Å². The first-order chi connectivity index (χ1) is 8.45. The number of benzene rings is 1. The number of sulfone groups is 1. The van der Waals surface area contributed by atoms with Crippen LogP contribution in [0.4, 0.5) is 10.1 Å². The van der Waals surface area contributed by atoms with E-state index >= 15 is 0 Å². The SMILES string of the molecule is CS(=O)(=O)c1ccc(CNc2ncc(N)s2)cc1. The van der Waals surface area contributed by atoms with Gasteiger partial charge in [0.15, 0.2) is 15.0 Å². The molecule has 0 unspecified atom stereocenters. The van der Waals surface area contributed by atoms with Crippen molar-refractivity contribution in [3.63, 3.8) is 0 Å². The summed E-state index contributed by atoms with van der Waals surface area (Å²) in [6.07, 6.45) is 2.79. The molecule has 18 heavy (non-hydrogen) atoms. The van der Waals surface area contributed by atoms with E-state index in [1.807, 2.05) is 0 Å². The summed E-state index contributed by atoms with van der Waals surface area (Å²) in [5.41, 5.74) is 6.55. The number of nitrogen functional groups attached to an aromatic ring is 1. The number of anilines is 2. The zero-order chi connectivity index (χ0) is 13.2. The fourth-order valence-corrected chi connectivity index (χ4v) is 2.61. The van der Waals surface area contributed by atoms with Crippen molar-refractivity contribution >= 4 is 31.3 Å². The Kier molecular flexibility index (Phi) is 3.53. The minimum absolute atomic E-state index is 0.324. The predicted molar refractivity (Wildman–Crippen MR) is 73.4 cm³/mol. The van der Waals surface area contributed by atoms with Crippen LogP contribution >= 0.6 is 11.3 Å². The number of aromatic nitrogens is 1. The van der Waals surface area contributed by atoms with Crippen molar-refractivity contribution < 1.29 is 8.42 Å². The lowest BCUT2D eigenvalue weighted by molar-refractivity contribution is 0.602. The molecule has 0 amide bonds. The highest BCUT2D eigenvalue weighted by molar-refractivity contribution is 7.90. The summed E-state index contributed by atoms with van der Waals surface area (Å²) in [6, 6.07) is 6.76. The van der Waals surface area contributed by atoms with Crippen molar-refractivity contribution in [1.29, 1.82) is 0 Å². The lowest BCUT2D eigenvalue weighted by Crippen LogP contribution is -2.00. The van der Waals surface area contributed by atoms with Gasteiger partial charge in [0.25, 0.3) is 0 Å². The van der Waals surface area contributed by atoms with Crippen LogP contribution in [-0.4, -0.2) is 19.7 Å². The Balaban J connectivity index is 2.03. The maximum absolute atomic E-state index is 11.3. The molecule has 0 saturated carbocycles. The molecule has 0 saturated heterocycles. The third-order valence-electron chi connectivity index (χ3n) is 2.32. The van der Waals surface area contributed by atoms with Crippen molar-refractivity contribution in [2.24, 2.45) is 0 Å². The van der Waals surface area contributed by atoms with E-state index < -0.39 is 9.84 Å². The van der Waals surface area contributed by atoms with Crippen LogP contribution < -0.4 is 11.1 Å². The van der Waals surface area contributed by atoms with Gasteiger partial charge in [-0.3, -0.25) is 0 Å². The molecule has 2 aromatic rings. The molecule has 96 valence electrons. The average Bonchev–Trinajstić information content (AvgIpc) is 2.72. The molecule has 0 aliphatic rings. The molecule has 0 atom stereocenters. The van der Waals surface area contributed by atoms with Gasteiger partial charge in [0, 0.05) is 12.8 Å². The van der Waals surface area contributed by atoms with Crippen molar-refractivity contribution in [2.75, 3.05) is 17.3 Å². The standard InChI is InChI=1S/C11H13N3O2S2/c1-18(15,16)9-4-2-8(3-5-9)6-13-11-14-7-10(12)17-11/h2-5,7H,6,12H2,1H3,(H,13,14). The van der Waals surface area contributed by atoms with E-state index in [9.17, 15) is 8.42 Å². The Morgan fingerprint density at radius 2 is 2.00 bits per heavy atom. The summed E-state index contributed by atoms with van der Waals surface area (Å²) in [6.45, 7) is 0.580. The third-order valence-corrected chi connectivity index (χ3v) is 4.23. The highest BCUT2D eigenvalue weighted by atomic mass is 32.2. The predicted octanol–water partition coefficient (Wildman–Crippen LogP) is 1.74. The van der Waals surface area contributed by atoms with Gasteiger partial charge in [0.2, 0.25) is 0 Å². The minimum atomic E-state index is -3.13. The summed E-state index contributed by atoms with van der Waals surface area (Å²) in [5, 5.41) is 4.52. The highest BCUT2D eigenvalue weighted by Gasteiger charge is 2.06. The summed E-state index contributed by atoms with van der Waals surface area (Å²) in [4.78, 5) is 4.40. The Hall–Kier alpha value is -1.60. The summed E-state index contributed by atoms with van der Waals surface area (Å²) in [7, 11) is -3.13. The van der Waals surface area contributed by atoms with Crippen molar-refractivity contribution in [1.82, 2.24) is 4.98 Å². The van der Waals surface area contributed by atoms with Crippen LogP contribution in [0.25, 0.3) is 0 Å². The van der Waals surface area contributed by atoms with Crippen LogP contribution in [0.3, 0.4) is 0 Å². The molecule has 1 aromatic heterocycles. The summed E-state index contributed by atoms with van der Waals surface area (Å²) >= 11 is 1.37. The second kappa shape index (κ2) is 4.95. The van der Waals surface area contributed by atoms with Crippen molar-refractivity contribution in [3.8, 4) is 0 Å². The van der Waals surface area contributed by atoms with E-state index in [1.165, 1.54) is 17.6 Å². The van der Waals surface area contributed by atoms with E-state index in [4.69, 9.17) is 5.73 Å². The molecule has 0 aliphatic carbocycles. The van der Waals surface area contributed by atoms with E-state index in [2.05, 4.69) is 10.3 Å². The van der Waals surface area contributed by atoms with E-state index in [0.29, 0.717) is 16.4 Å². The fourth-order valence-electron chi connectivity index (χ4n) is 1.40. The molecular formula is C11H13N3O2S2. The van der Waals surface area contributed by atoms with Gasteiger partial charge in [-0.05, 0) is 17.7 Å². The second-order valence-electron chi connectivity index (χ2n) is 3.84. The fraction of sp³-hybridized carbons (Fsp3) is 0.182. The molecule has 2 rings (SSSR count). The summed E-state index contributed by atoms with van der Waals surface area (Å²) in [5.74, 6) is 0. The molecule has 5 nitrogen and oxygen atoms in total. The molecule has 0 fully saturated rings. The number of thiazole rings is 1. The Bertz CT molecular complexity index is 633. The number of hydrogen-bond donors (Lipinski definition) is 2. The zero-order valence-electron chi connectivity index (χ0n) is 9.75. The topological polar surface area (TPSA) is 85.1 Å². The van der Waals surface area contributed by atoms with Crippen molar-refractivity contribution in [2.45, 2.75) is 11.4 Å². The van der Waals surface area contributed by atoms with Crippen LogP contribution in [0.5, 0.6) is 0 Å². The molecule has 1 aromatic carbocycles. The normalized spacial score (nSPS) is 11.4. The maximum atomic E-state index is 11.3. The van der Waals surface area contributed by atoms with Gasteiger partial charge in [-0.15, -0.1) is 0 Å². The van der Waals surface area contributed by atoms with Gasteiger partial charge in [0.05, 0.1) is 11.1 Å². The first-order valence-corrected chi connectivity index (χ1v) is 7.90. The largest absolute Gasteiger partial charge is 0.389 e. The lowest BCUT2D eigenvalue weighted by Gasteiger charge is -2.04. The monoisotopic (exact) mass is 283 g/mol. The molecule has 3 N–H and O–H groups in total. The number of nitrogens with two attached hydrogens (primary N) is 1. The highest BCUT2D eigenvalue weighted by Crippen LogP contribution is 2.20. The smallest absolute Gasteiger partial charge is 0.184 e. The molecule has 7 heteroatoms. The number of nitrogens with one attached hydrogen (secondary N) is 1. The second-order valence-corrected chi connectivity index (χ2v) is 6.92. The zero-order valence-corrected chi connectivity index (χ0v) is 11.4. The Morgan fingerprint density at radius 3 is 2.50 bits per heavy atom. The summed E-state index contributed by atoms with van der Waals surface area (Å²) < 4.78 is 22.6.